The van der Waals surface area contributed by atoms with E-state index in [1.54, 1.807) is 0 Å². The van der Waals surface area contributed by atoms with Gasteiger partial charge in [0.25, 0.3) is 0 Å². The number of nitriles is 3. The third-order valence-corrected chi connectivity index (χ3v) is 5.41. The minimum absolute atomic E-state index is 0.114. The second-order valence-electron chi connectivity index (χ2n) is 6.93. The number of fused-ring (bicyclic) bond motifs is 1. The van der Waals surface area contributed by atoms with E-state index >= 15 is 0 Å². The molecule has 26 heavy (non-hydrogen) atoms. The minimum Gasteiger partial charge on any atom is -0.399 e. The number of rotatable bonds is 1. The second kappa shape index (κ2) is 6.28. The van der Waals surface area contributed by atoms with Crippen molar-refractivity contribution in [3.8, 4) is 18.2 Å². The van der Waals surface area contributed by atoms with Gasteiger partial charge in [0, 0.05) is 5.92 Å². The van der Waals surface area contributed by atoms with Gasteiger partial charge in [-0.2, -0.15) is 15.8 Å². The van der Waals surface area contributed by atoms with Crippen molar-refractivity contribution in [1.82, 2.24) is 0 Å². The van der Waals surface area contributed by atoms with Crippen molar-refractivity contribution in [3.05, 3.63) is 58.3 Å². The van der Waals surface area contributed by atoms with Crippen LogP contribution in [0.4, 0.5) is 8.78 Å². The highest BCUT2D eigenvalue weighted by Gasteiger charge is 2.54. The van der Waals surface area contributed by atoms with E-state index in [9.17, 15) is 24.6 Å². The predicted octanol–water partition coefficient (Wildman–Crippen LogP) is 3.80. The number of nitrogens with two attached hydrogens (primary N) is 1. The Labute approximate surface area is 150 Å². The van der Waals surface area contributed by atoms with Gasteiger partial charge in [0.05, 0.1) is 23.4 Å². The average molecular weight is 350 g/mol. The smallest absolute Gasteiger partial charge is 0.191 e. The van der Waals surface area contributed by atoms with Crippen molar-refractivity contribution in [2.24, 2.45) is 23.0 Å². The molecule has 0 saturated carbocycles. The summed E-state index contributed by atoms with van der Waals surface area (Å²) in [5.74, 6) is -2.90. The first-order valence-corrected chi connectivity index (χ1v) is 8.27. The molecule has 3 atom stereocenters. The maximum atomic E-state index is 13.9. The summed E-state index contributed by atoms with van der Waals surface area (Å²) in [6.07, 6.45) is 3.29. The number of hydrogen-bond donors (Lipinski definition) is 1. The van der Waals surface area contributed by atoms with Crippen molar-refractivity contribution < 1.29 is 8.78 Å². The highest BCUT2D eigenvalue weighted by molar-refractivity contribution is 5.59. The van der Waals surface area contributed by atoms with Crippen molar-refractivity contribution in [2.45, 2.75) is 25.7 Å². The van der Waals surface area contributed by atoms with Crippen molar-refractivity contribution in [1.29, 1.82) is 15.8 Å². The van der Waals surface area contributed by atoms with Crippen LogP contribution in [0.5, 0.6) is 0 Å². The zero-order chi connectivity index (χ0) is 19.1. The predicted molar refractivity (Wildman–Crippen MR) is 89.6 cm³/mol. The molecule has 0 heterocycles. The summed E-state index contributed by atoms with van der Waals surface area (Å²) in [5, 5.41) is 29.3. The van der Waals surface area contributed by atoms with Gasteiger partial charge in [-0.05, 0) is 47.9 Å². The van der Waals surface area contributed by atoms with Crippen LogP contribution < -0.4 is 5.73 Å². The van der Waals surface area contributed by atoms with Gasteiger partial charge in [-0.15, -0.1) is 0 Å². The topological polar surface area (TPSA) is 97.4 Å². The van der Waals surface area contributed by atoms with E-state index < -0.39 is 23.0 Å². The Balaban J connectivity index is 2.34. The lowest BCUT2D eigenvalue weighted by atomic mass is 9.56. The fourth-order valence-electron chi connectivity index (χ4n) is 4.16. The second-order valence-corrected chi connectivity index (χ2v) is 6.93. The molecular weight excluding hydrogens is 334 g/mol. The molecule has 0 spiro atoms. The molecule has 0 aliphatic heterocycles. The van der Waals surface area contributed by atoms with Gasteiger partial charge in [0.2, 0.25) is 0 Å². The first kappa shape index (κ1) is 17.6. The highest BCUT2D eigenvalue weighted by atomic mass is 19.2. The van der Waals surface area contributed by atoms with Gasteiger partial charge >= 0.3 is 0 Å². The minimum atomic E-state index is -1.81. The third kappa shape index (κ3) is 2.37. The monoisotopic (exact) mass is 350 g/mol. The normalized spacial score (nSPS) is 26.8. The van der Waals surface area contributed by atoms with Crippen LogP contribution in [0.2, 0.25) is 0 Å². The summed E-state index contributed by atoms with van der Waals surface area (Å²) in [5.41, 5.74) is 5.39. The van der Waals surface area contributed by atoms with E-state index in [4.69, 9.17) is 5.73 Å². The standard InChI is InChI=1S/C20H16F2N4/c1-11-2-4-13-14(6-11)18(12-3-5-16(21)17(22)7-12)20(9-24,10-25)19(26)15(13)8-23/h3-5,7,11,14,18H,2,6,26H2,1H3/t11-,14-,18+/m0/s1. The molecule has 3 rings (SSSR count). The molecule has 1 aromatic rings. The lowest BCUT2D eigenvalue weighted by Gasteiger charge is -2.44. The summed E-state index contributed by atoms with van der Waals surface area (Å²) < 4.78 is 27.3. The largest absolute Gasteiger partial charge is 0.399 e. The summed E-state index contributed by atoms with van der Waals surface area (Å²) >= 11 is 0. The molecule has 4 nitrogen and oxygen atoms in total. The molecule has 0 unspecified atom stereocenters. The van der Waals surface area contributed by atoms with Crippen LogP contribution in [0.3, 0.4) is 0 Å². The number of nitrogens with zero attached hydrogens (tertiary/aromatic N) is 3. The molecule has 0 bridgehead atoms. The molecule has 6 heteroatoms. The summed E-state index contributed by atoms with van der Waals surface area (Å²) in [6.45, 7) is 2.03. The number of hydrogen-bond acceptors (Lipinski definition) is 4. The van der Waals surface area contributed by atoms with Crippen LogP contribution >= 0.6 is 0 Å². The lowest BCUT2D eigenvalue weighted by Crippen LogP contribution is -2.43. The third-order valence-electron chi connectivity index (χ3n) is 5.41. The fourth-order valence-corrected chi connectivity index (χ4v) is 4.16. The number of allylic oxidation sites excluding steroid dienone is 4. The summed E-state index contributed by atoms with van der Waals surface area (Å²) in [7, 11) is 0. The van der Waals surface area contributed by atoms with Gasteiger partial charge in [-0.1, -0.05) is 19.1 Å². The van der Waals surface area contributed by atoms with Crippen molar-refractivity contribution in [2.75, 3.05) is 0 Å². The molecular formula is C20H16F2N4. The van der Waals surface area contributed by atoms with Gasteiger partial charge < -0.3 is 5.73 Å². The van der Waals surface area contributed by atoms with E-state index in [1.807, 2.05) is 31.2 Å². The first-order valence-electron chi connectivity index (χ1n) is 8.27. The van der Waals surface area contributed by atoms with Crippen LogP contribution in [-0.2, 0) is 0 Å². The average Bonchev–Trinajstić information content (AvgIpc) is 2.63. The molecule has 0 amide bonds. The molecule has 0 saturated heterocycles. The van der Waals surface area contributed by atoms with Crippen molar-refractivity contribution in [3.63, 3.8) is 0 Å². The molecule has 2 aliphatic carbocycles. The molecule has 0 radical (unpaired) electrons. The molecule has 2 aliphatic rings. The Morgan fingerprint density at radius 3 is 2.42 bits per heavy atom. The van der Waals surface area contributed by atoms with E-state index in [0.29, 0.717) is 17.6 Å². The van der Waals surface area contributed by atoms with Gasteiger partial charge in [0.1, 0.15) is 6.07 Å². The van der Waals surface area contributed by atoms with E-state index in [2.05, 4.69) is 0 Å². The Hall–Kier alpha value is -3.17. The number of benzene rings is 1. The lowest BCUT2D eigenvalue weighted by molar-refractivity contribution is 0.283. The zero-order valence-electron chi connectivity index (χ0n) is 14.1. The van der Waals surface area contributed by atoms with Crippen LogP contribution in [0.25, 0.3) is 0 Å². The van der Waals surface area contributed by atoms with E-state index in [0.717, 1.165) is 18.6 Å². The Morgan fingerprint density at radius 2 is 1.85 bits per heavy atom. The first-order chi connectivity index (χ1) is 12.4. The van der Waals surface area contributed by atoms with Crippen LogP contribution in [0.1, 0.15) is 31.2 Å². The summed E-state index contributed by atoms with van der Waals surface area (Å²) in [4.78, 5) is 0. The molecule has 130 valence electrons. The van der Waals surface area contributed by atoms with Crippen molar-refractivity contribution >= 4 is 0 Å². The molecule has 2 N–H and O–H groups in total. The molecule has 0 aromatic heterocycles. The van der Waals surface area contributed by atoms with Crippen LogP contribution in [0.15, 0.2) is 41.1 Å². The quantitative estimate of drug-likeness (QED) is 0.833. The molecule has 0 fully saturated rings. The summed E-state index contributed by atoms with van der Waals surface area (Å²) in [6, 6.07) is 9.37. The highest BCUT2D eigenvalue weighted by Crippen LogP contribution is 2.56. The Bertz CT molecular complexity index is 941. The van der Waals surface area contributed by atoms with Gasteiger partial charge in [0.15, 0.2) is 17.0 Å². The van der Waals surface area contributed by atoms with E-state index in [-0.39, 0.29) is 23.1 Å². The van der Waals surface area contributed by atoms with Gasteiger partial charge in [-0.3, -0.25) is 0 Å². The van der Waals surface area contributed by atoms with E-state index in [1.165, 1.54) is 6.07 Å². The van der Waals surface area contributed by atoms with Gasteiger partial charge in [-0.25, -0.2) is 8.78 Å². The molecule has 1 aromatic carbocycles. The Morgan fingerprint density at radius 1 is 1.15 bits per heavy atom. The maximum absolute atomic E-state index is 13.9. The maximum Gasteiger partial charge on any atom is 0.191 e. The fraction of sp³-hybridized carbons (Fsp3) is 0.350. The van der Waals surface area contributed by atoms with Crippen LogP contribution in [-0.4, -0.2) is 0 Å². The van der Waals surface area contributed by atoms with Crippen LogP contribution in [0, 0.1) is 62.9 Å². The SMILES string of the molecule is C[C@H]1CC=C2C(C#N)=C(N)C(C#N)(C#N)[C@H](c3ccc(F)c(F)c3)[C@H]2C1. The number of halogens is 2. The zero-order valence-corrected chi connectivity index (χ0v) is 14.1. The Kier molecular flexibility index (Phi) is 4.26.